The lowest BCUT2D eigenvalue weighted by molar-refractivity contribution is -0.137. The van der Waals surface area contributed by atoms with E-state index in [0.29, 0.717) is 23.5 Å². The van der Waals surface area contributed by atoms with Gasteiger partial charge in [-0.2, -0.15) is 5.10 Å². The van der Waals surface area contributed by atoms with Gasteiger partial charge >= 0.3 is 5.97 Å². The van der Waals surface area contributed by atoms with E-state index in [1.165, 1.54) is 24.3 Å². The number of hydrogen-bond donors (Lipinski definition) is 2. The van der Waals surface area contributed by atoms with Gasteiger partial charge in [-0.15, -0.1) is 0 Å². The highest BCUT2D eigenvalue weighted by Crippen LogP contribution is 2.26. The van der Waals surface area contributed by atoms with Crippen molar-refractivity contribution in [1.82, 2.24) is 9.78 Å². The van der Waals surface area contributed by atoms with Gasteiger partial charge in [0.15, 0.2) is 0 Å². The molecule has 0 fully saturated rings. The Morgan fingerprint density at radius 1 is 1.24 bits per heavy atom. The zero-order chi connectivity index (χ0) is 18.6. The Bertz CT molecular complexity index is 769. The lowest BCUT2D eigenvalue weighted by atomic mass is 9.92. The highest BCUT2D eigenvalue weighted by molar-refractivity contribution is 5.92. The van der Waals surface area contributed by atoms with Gasteiger partial charge in [0.05, 0.1) is 23.5 Å². The molecule has 0 unspecified atom stereocenters. The first-order chi connectivity index (χ1) is 11.8. The maximum Gasteiger partial charge on any atom is 0.303 e. The van der Waals surface area contributed by atoms with Crippen LogP contribution in [-0.4, -0.2) is 26.8 Å². The fourth-order valence-electron chi connectivity index (χ4n) is 2.85. The Balaban J connectivity index is 2.15. The zero-order valence-electron chi connectivity index (χ0n) is 14.5. The average Bonchev–Trinajstić information content (AvgIpc) is 2.82. The lowest BCUT2D eigenvalue weighted by Crippen LogP contribution is -2.18. The molecule has 2 N–H and O–H groups in total. The fourth-order valence-corrected chi connectivity index (χ4v) is 2.85. The summed E-state index contributed by atoms with van der Waals surface area (Å²) < 4.78 is 14.9. The number of amides is 1. The van der Waals surface area contributed by atoms with E-state index < -0.39 is 17.7 Å². The maximum atomic E-state index is 13.1. The molecule has 2 aromatic rings. The van der Waals surface area contributed by atoms with Gasteiger partial charge in [-0.1, -0.05) is 12.1 Å². The summed E-state index contributed by atoms with van der Waals surface area (Å²) in [4.78, 5) is 23.6. The molecule has 0 saturated carbocycles. The fraction of sp³-hybridized carbons (Fsp3) is 0.389. The minimum absolute atomic E-state index is 0.00584. The molecule has 1 amide bonds. The third kappa shape index (κ3) is 4.65. The number of aromatic nitrogens is 2. The van der Waals surface area contributed by atoms with Crippen molar-refractivity contribution in [2.24, 2.45) is 0 Å². The number of carboxylic acids is 1. The maximum absolute atomic E-state index is 13.1. The summed E-state index contributed by atoms with van der Waals surface area (Å²) in [5.74, 6) is -2.23. The van der Waals surface area contributed by atoms with Crippen molar-refractivity contribution in [2.75, 3.05) is 5.32 Å². The third-order valence-electron chi connectivity index (χ3n) is 4.14. The van der Waals surface area contributed by atoms with Crippen LogP contribution in [0.25, 0.3) is 0 Å². The van der Waals surface area contributed by atoms with E-state index in [1.54, 1.807) is 4.68 Å². The van der Waals surface area contributed by atoms with Crippen LogP contribution in [0, 0.1) is 19.7 Å². The van der Waals surface area contributed by atoms with E-state index in [2.05, 4.69) is 10.4 Å². The molecule has 1 atom stereocenters. The topological polar surface area (TPSA) is 84.2 Å². The van der Waals surface area contributed by atoms with Crippen molar-refractivity contribution >= 4 is 17.6 Å². The Labute approximate surface area is 145 Å². The Kier molecular flexibility index (Phi) is 5.90. The van der Waals surface area contributed by atoms with Gasteiger partial charge in [0.25, 0.3) is 0 Å². The van der Waals surface area contributed by atoms with Crippen LogP contribution < -0.4 is 5.32 Å². The smallest absolute Gasteiger partial charge is 0.303 e. The SMILES string of the molecule is CCn1nc(C)c(NC(=O)C[C@H](CC(=O)O)c2ccc(F)cc2)c1C. The first-order valence-corrected chi connectivity index (χ1v) is 8.13. The second-order valence-electron chi connectivity index (χ2n) is 5.96. The second kappa shape index (κ2) is 7.92. The van der Waals surface area contributed by atoms with Crippen molar-refractivity contribution in [3.63, 3.8) is 0 Å². The Morgan fingerprint density at radius 2 is 1.88 bits per heavy atom. The predicted octanol–water partition coefficient (Wildman–Crippen LogP) is 3.25. The number of halogens is 1. The molecule has 0 saturated heterocycles. The highest BCUT2D eigenvalue weighted by atomic mass is 19.1. The minimum Gasteiger partial charge on any atom is -0.481 e. The van der Waals surface area contributed by atoms with Crippen molar-refractivity contribution in [3.8, 4) is 0 Å². The van der Waals surface area contributed by atoms with Crippen LogP contribution in [0.2, 0.25) is 0 Å². The quantitative estimate of drug-likeness (QED) is 0.805. The molecule has 2 rings (SSSR count). The van der Waals surface area contributed by atoms with E-state index in [-0.39, 0.29) is 18.7 Å². The molecule has 7 heteroatoms. The predicted molar refractivity (Wildman–Crippen MR) is 92.0 cm³/mol. The van der Waals surface area contributed by atoms with Crippen LogP contribution in [0.4, 0.5) is 10.1 Å². The summed E-state index contributed by atoms with van der Waals surface area (Å²) in [6.45, 7) is 6.33. The monoisotopic (exact) mass is 347 g/mol. The summed E-state index contributed by atoms with van der Waals surface area (Å²) >= 11 is 0. The molecule has 0 bridgehead atoms. The minimum atomic E-state index is -1.01. The summed E-state index contributed by atoms with van der Waals surface area (Å²) in [6, 6.07) is 5.56. The molecule has 0 aliphatic carbocycles. The molecule has 0 aliphatic rings. The molecule has 1 heterocycles. The van der Waals surface area contributed by atoms with Crippen LogP contribution in [0.1, 0.15) is 42.6 Å². The van der Waals surface area contributed by atoms with Crippen molar-refractivity contribution in [2.45, 2.75) is 46.1 Å². The normalized spacial score (nSPS) is 12.0. The van der Waals surface area contributed by atoms with Crippen molar-refractivity contribution in [1.29, 1.82) is 0 Å². The molecule has 0 radical (unpaired) electrons. The van der Waals surface area contributed by atoms with Gasteiger partial charge in [0.1, 0.15) is 5.82 Å². The van der Waals surface area contributed by atoms with Crippen LogP contribution in [-0.2, 0) is 16.1 Å². The Morgan fingerprint density at radius 3 is 2.40 bits per heavy atom. The first-order valence-electron chi connectivity index (χ1n) is 8.13. The molecule has 25 heavy (non-hydrogen) atoms. The first kappa shape index (κ1) is 18.6. The van der Waals surface area contributed by atoms with Crippen molar-refractivity contribution in [3.05, 3.63) is 47.0 Å². The number of hydrogen-bond acceptors (Lipinski definition) is 3. The van der Waals surface area contributed by atoms with Gasteiger partial charge in [-0.05, 0) is 38.5 Å². The molecular formula is C18H22FN3O3. The van der Waals surface area contributed by atoms with Crippen LogP contribution >= 0.6 is 0 Å². The molecular weight excluding hydrogens is 325 g/mol. The average molecular weight is 347 g/mol. The standard InChI is InChI=1S/C18H22FN3O3/c1-4-22-12(3)18(11(2)21-22)20-16(23)9-14(10-17(24)25)13-5-7-15(19)8-6-13/h5-8,14H,4,9-10H2,1-3H3,(H,20,23)(H,24,25)/t14-/m1/s1. The lowest BCUT2D eigenvalue weighted by Gasteiger charge is -2.15. The summed E-state index contributed by atoms with van der Waals surface area (Å²) in [5, 5.41) is 16.3. The van der Waals surface area contributed by atoms with E-state index in [4.69, 9.17) is 5.11 Å². The van der Waals surface area contributed by atoms with Crippen LogP contribution in [0.15, 0.2) is 24.3 Å². The van der Waals surface area contributed by atoms with E-state index >= 15 is 0 Å². The summed E-state index contributed by atoms with van der Waals surface area (Å²) in [5.41, 5.74) is 2.84. The van der Waals surface area contributed by atoms with Gasteiger partial charge in [-0.25, -0.2) is 4.39 Å². The molecule has 1 aromatic carbocycles. The molecule has 134 valence electrons. The van der Waals surface area contributed by atoms with Gasteiger partial charge in [0, 0.05) is 18.9 Å². The number of rotatable bonds is 7. The second-order valence-corrected chi connectivity index (χ2v) is 5.96. The number of carbonyl (C=O) groups excluding carboxylic acids is 1. The number of anilines is 1. The van der Waals surface area contributed by atoms with Gasteiger partial charge in [-0.3, -0.25) is 14.3 Å². The number of carbonyl (C=O) groups is 2. The van der Waals surface area contributed by atoms with Crippen LogP contribution in [0.5, 0.6) is 0 Å². The number of carboxylic acid groups (broad SMARTS) is 1. The molecule has 1 aromatic heterocycles. The molecule has 0 aliphatic heterocycles. The molecule has 6 nitrogen and oxygen atoms in total. The number of nitrogens with one attached hydrogen (secondary N) is 1. The zero-order valence-corrected chi connectivity index (χ0v) is 14.5. The van der Waals surface area contributed by atoms with E-state index in [9.17, 15) is 14.0 Å². The van der Waals surface area contributed by atoms with Crippen molar-refractivity contribution < 1.29 is 19.1 Å². The molecule has 0 spiro atoms. The van der Waals surface area contributed by atoms with Gasteiger partial charge in [0.2, 0.25) is 5.91 Å². The van der Waals surface area contributed by atoms with Gasteiger partial charge < -0.3 is 10.4 Å². The van der Waals surface area contributed by atoms with E-state index in [0.717, 1.165) is 5.69 Å². The third-order valence-corrected chi connectivity index (χ3v) is 4.14. The summed E-state index contributed by atoms with van der Waals surface area (Å²) in [6.07, 6.45) is -0.209. The number of aryl methyl sites for hydroxylation is 2. The highest BCUT2D eigenvalue weighted by Gasteiger charge is 2.21. The number of nitrogens with zero attached hydrogens (tertiary/aromatic N) is 2. The number of benzene rings is 1. The largest absolute Gasteiger partial charge is 0.481 e. The van der Waals surface area contributed by atoms with Crippen LogP contribution in [0.3, 0.4) is 0 Å². The Hall–Kier alpha value is -2.70. The summed E-state index contributed by atoms with van der Waals surface area (Å²) in [7, 11) is 0. The number of aliphatic carboxylic acids is 1. The van der Waals surface area contributed by atoms with E-state index in [1.807, 2.05) is 20.8 Å².